The average molecular weight is 590 g/mol. The number of aromatic amines is 1. The number of alkyl halides is 5. The van der Waals surface area contributed by atoms with E-state index in [2.05, 4.69) is 20.5 Å². The normalized spacial score (nSPS) is 28.4. The van der Waals surface area contributed by atoms with Crippen molar-refractivity contribution in [3.05, 3.63) is 29.8 Å². The number of methoxy groups -OCH3 is 1. The van der Waals surface area contributed by atoms with Crippen LogP contribution in [0.25, 0.3) is 11.3 Å². The first kappa shape index (κ1) is 29.1. The van der Waals surface area contributed by atoms with Gasteiger partial charge in [0, 0.05) is 35.7 Å². The highest BCUT2D eigenvalue weighted by molar-refractivity contribution is 5.94. The molecular weight excluding hydrogens is 560 g/mol. The standard InChI is InChI=1S/C26H29F6N5O4/c1-41-21-10-17(18(27)12-33-21)19-11-20(36-35-19)23(39)37-15-2-3-16(37)9-13(8-15)22(38)34-14-4-6-24(40,7-5-14)25(28,29)26(30,31)32/h10-16,40H,2-9H2,1H3,(H,34,38)(H,35,36). The molecule has 3 aliphatic rings. The van der Waals surface area contributed by atoms with E-state index in [1.807, 2.05) is 0 Å². The molecule has 2 aromatic heterocycles. The van der Waals surface area contributed by atoms with E-state index in [4.69, 9.17) is 4.74 Å². The quantitative estimate of drug-likeness (QED) is 0.439. The first-order chi connectivity index (χ1) is 19.2. The van der Waals surface area contributed by atoms with Gasteiger partial charge in [-0.3, -0.25) is 14.7 Å². The number of rotatable bonds is 6. The lowest BCUT2D eigenvalue weighted by molar-refractivity contribution is -0.347. The third-order valence-corrected chi connectivity index (χ3v) is 8.56. The van der Waals surface area contributed by atoms with E-state index in [1.54, 1.807) is 4.90 Å². The van der Waals surface area contributed by atoms with Crippen LogP contribution in [-0.2, 0) is 4.79 Å². The molecular formula is C26H29F6N5O4. The first-order valence-electron chi connectivity index (χ1n) is 13.3. The molecule has 2 amide bonds. The molecule has 2 saturated heterocycles. The summed E-state index contributed by atoms with van der Waals surface area (Å²) in [6.45, 7) is 0. The van der Waals surface area contributed by atoms with Gasteiger partial charge in [-0.2, -0.15) is 27.1 Å². The molecule has 15 heteroatoms. The molecule has 2 atom stereocenters. The monoisotopic (exact) mass is 589 g/mol. The number of fused-ring (bicyclic) bond motifs is 2. The number of carbonyl (C=O) groups is 2. The number of nitrogens with zero attached hydrogens (tertiary/aromatic N) is 3. The maximum atomic E-state index is 14.3. The lowest BCUT2D eigenvalue weighted by Crippen LogP contribution is -2.60. The Morgan fingerprint density at radius 1 is 1.10 bits per heavy atom. The molecule has 0 aromatic carbocycles. The van der Waals surface area contributed by atoms with Crippen LogP contribution < -0.4 is 10.1 Å². The van der Waals surface area contributed by atoms with Crippen LogP contribution in [0, 0.1) is 11.7 Å². The van der Waals surface area contributed by atoms with Crippen molar-refractivity contribution in [3.8, 4) is 17.1 Å². The van der Waals surface area contributed by atoms with E-state index in [0.29, 0.717) is 25.7 Å². The molecule has 1 aliphatic carbocycles. The minimum Gasteiger partial charge on any atom is -0.481 e. The van der Waals surface area contributed by atoms with E-state index >= 15 is 0 Å². The van der Waals surface area contributed by atoms with Crippen molar-refractivity contribution in [2.75, 3.05) is 7.11 Å². The minimum atomic E-state index is -5.87. The molecule has 41 heavy (non-hydrogen) atoms. The summed E-state index contributed by atoms with van der Waals surface area (Å²) < 4.78 is 85.3. The lowest BCUT2D eigenvalue weighted by Gasteiger charge is -2.42. The topological polar surface area (TPSA) is 120 Å². The highest BCUT2D eigenvalue weighted by atomic mass is 19.4. The van der Waals surface area contributed by atoms with Crippen LogP contribution in [0.3, 0.4) is 0 Å². The van der Waals surface area contributed by atoms with E-state index in [0.717, 1.165) is 6.20 Å². The Kier molecular flexibility index (Phi) is 7.45. The lowest BCUT2D eigenvalue weighted by atomic mass is 9.77. The van der Waals surface area contributed by atoms with Gasteiger partial charge < -0.3 is 20.1 Å². The van der Waals surface area contributed by atoms with Crippen LogP contribution in [-0.4, -0.2) is 79.9 Å². The number of hydrogen-bond donors (Lipinski definition) is 3. The molecule has 3 fully saturated rings. The molecule has 2 unspecified atom stereocenters. The van der Waals surface area contributed by atoms with Gasteiger partial charge >= 0.3 is 12.1 Å². The SMILES string of the molecule is COc1cc(-c2cc(C(=O)N3C4CCC3CC(C(=O)NC3CCC(O)(C(F)(F)C(F)(F)F)CC3)C4)[nH]n2)c(F)cn1. The fraction of sp³-hybridized carbons (Fsp3) is 0.615. The van der Waals surface area contributed by atoms with Gasteiger partial charge in [0.25, 0.3) is 5.91 Å². The molecule has 0 radical (unpaired) electrons. The van der Waals surface area contributed by atoms with Crippen molar-refractivity contribution >= 4 is 11.8 Å². The number of hydrogen-bond acceptors (Lipinski definition) is 6. The molecule has 5 rings (SSSR count). The molecule has 2 aromatic rings. The zero-order valence-electron chi connectivity index (χ0n) is 22.0. The minimum absolute atomic E-state index is 0.105. The number of carbonyl (C=O) groups excluding carboxylic acids is 2. The largest absolute Gasteiger partial charge is 0.481 e. The number of halogens is 6. The number of ether oxygens (including phenoxy) is 1. The summed E-state index contributed by atoms with van der Waals surface area (Å²) in [6, 6.07) is 1.67. The van der Waals surface area contributed by atoms with E-state index in [9.17, 15) is 41.0 Å². The second-order valence-corrected chi connectivity index (χ2v) is 11.0. The van der Waals surface area contributed by atoms with Crippen LogP contribution in [0.5, 0.6) is 5.88 Å². The molecule has 2 bridgehead atoms. The Balaban J connectivity index is 1.19. The number of amides is 2. The van der Waals surface area contributed by atoms with Crippen LogP contribution in [0.1, 0.15) is 61.9 Å². The van der Waals surface area contributed by atoms with Gasteiger partial charge in [-0.25, -0.2) is 9.37 Å². The number of H-pyrrole nitrogens is 1. The fourth-order valence-electron chi connectivity index (χ4n) is 6.30. The number of pyridine rings is 1. The van der Waals surface area contributed by atoms with Gasteiger partial charge in [-0.15, -0.1) is 0 Å². The van der Waals surface area contributed by atoms with E-state index < -0.39 is 48.3 Å². The Bertz CT molecular complexity index is 1300. The number of piperidine rings is 1. The third-order valence-electron chi connectivity index (χ3n) is 8.56. The molecule has 1 saturated carbocycles. The molecule has 9 nitrogen and oxygen atoms in total. The van der Waals surface area contributed by atoms with Gasteiger partial charge in [0.05, 0.1) is 19.0 Å². The van der Waals surface area contributed by atoms with Gasteiger partial charge in [-0.05, 0) is 57.4 Å². The summed E-state index contributed by atoms with van der Waals surface area (Å²) >= 11 is 0. The van der Waals surface area contributed by atoms with Crippen molar-refractivity contribution in [1.29, 1.82) is 0 Å². The third kappa shape index (κ3) is 5.24. The number of aliphatic hydroxyl groups is 1. The highest BCUT2D eigenvalue weighted by Crippen LogP contribution is 2.49. The summed E-state index contributed by atoms with van der Waals surface area (Å²) in [5.74, 6) is -6.86. The van der Waals surface area contributed by atoms with Crippen molar-refractivity contribution in [3.63, 3.8) is 0 Å². The number of aromatic nitrogens is 3. The van der Waals surface area contributed by atoms with Crippen LogP contribution in [0.2, 0.25) is 0 Å². The summed E-state index contributed by atoms with van der Waals surface area (Å²) in [5.41, 5.74) is -2.76. The molecule has 0 spiro atoms. The Morgan fingerprint density at radius 3 is 2.32 bits per heavy atom. The maximum absolute atomic E-state index is 14.3. The van der Waals surface area contributed by atoms with Gasteiger partial charge in [-0.1, -0.05) is 0 Å². The predicted octanol–water partition coefficient (Wildman–Crippen LogP) is 3.99. The average Bonchev–Trinajstić information content (AvgIpc) is 3.51. The smallest absolute Gasteiger partial charge is 0.456 e. The maximum Gasteiger partial charge on any atom is 0.456 e. The van der Waals surface area contributed by atoms with Crippen LogP contribution in [0.15, 0.2) is 18.3 Å². The first-order valence-corrected chi connectivity index (χ1v) is 13.3. The summed E-state index contributed by atoms with van der Waals surface area (Å²) in [4.78, 5) is 31.9. The van der Waals surface area contributed by atoms with Crippen molar-refractivity contribution in [1.82, 2.24) is 25.4 Å². The Hall–Kier alpha value is -3.36. The Labute approximate surface area is 230 Å². The zero-order valence-corrected chi connectivity index (χ0v) is 22.0. The summed E-state index contributed by atoms with van der Waals surface area (Å²) in [5, 5.41) is 19.5. The number of nitrogens with one attached hydrogen (secondary N) is 2. The van der Waals surface area contributed by atoms with E-state index in [-0.39, 0.29) is 59.6 Å². The predicted molar refractivity (Wildman–Crippen MR) is 130 cm³/mol. The molecule has 3 N–H and O–H groups in total. The molecule has 2 aliphatic heterocycles. The van der Waals surface area contributed by atoms with Crippen LogP contribution in [0.4, 0.5) is 26.3 Å². The summed E-state index contributed by atoms with van der Waals surface area (Å²) in [7, 11) is 1.39. The van der Waals surface area contributed by atoms with E-state index in [1.165, 1.54) is 19.2 Å². The van der Waals surface area contributed by atoms with Crippen molar-refractivity contribution in [2.45, 2.75) is 87.2 Å². The van der Waals surface area contributed by atoms with Crippen LogP contribution >= 0.6 is 0 Å². The van der Waals surface area contributed by atoms with Gasteiger partial charge in [0.15, 0.2) is 5.82 Å². The highest BCUT2D eigenvalue weighted by Gasteiger charge is 2.69. The van der Waals surface area contributed by atoms with Crippen molar-refractivity contribution < 1.29 is 45.8 Å². The molecule has 224 valence electrons. The second-order valence-electron chi connectivity index (χ2n) is 11.0. The Morgan fingerprint density at radius 2 is 1.73 bits per heavy atom. The van der Waals surface area contributed by atoms with Gasteiger partial charge in [0.2, 0.25) is 11.8 Å². The van der Waals surface area contributed by atoms with Gasteiger partial charge in [0.1, 0.15) is 11.3 Å². The summed E-state index contributed by atoms with van der Waals surface area (Å²) in [6.07, 6.45) is -4.87. The molecule has 4 heterocycles. The van der Waals surface area contributed by atoms with Crippen molar-refractivity contribution in [2.24, 2.45) is 5.92 Å². The zero-order chi connectivity index (χ0) is 29.7. The fourth-order valence-corrected chi connectivity index (χ4v) is 6.30. The second kappa shape index (κ2) is 10.5.